The van der Waals surface area contributed by atoms with E-state index < -0.39 is 277 Å². The number of ether oxygens (including phenoxy) is 4. The SMILES string of the molecule is CC1C(C)N(c2nc(OC(F)(F)C(F)(F)C(F)(F)C(F)(F)C(F)(F)C(F)(F)F)nc(OC(F)(F)C(F)(F)C(F)(F)C(F)(F)C(F)(F)C(F)(F)F)n2)c2ccc(-c3cc(C(F)(F)F)cc(C(F)(F)F)c3)c3cccc(c23)N1c1nc(OC(F)(F)C(F)(F)C(F)(F)C(F)(F)C(F)(F)C(F)(F)F)nc(OC(F)(F)C(F)(F)C(F)(F)C(F)(F)C(F)(F)C(F)(F)F)n1. The van der Waals surface area contributed by atoms with Gasteiger partial charge in [0.2, 0.25) is 11.9 Å². The highest BCUT2D eigenvalue weighted by Crippen LogP contribution is 2.67. The van der Waals surface area contributed by atoms with Gasteiger partial charge in [-0.3, -0.25) is 0 Å². The van der Waals surface area contributed by atoms with Crippen LogP contribution in [0.15, 0.2) is 48.5 Å². The predicted molar refractivity (Wildman–Crippen MR) is 268 cm³/mol. The Bertz CT molecular complexity index is 4270. The molecule has 0 spiro atoms. The van der Waals surface area contributed by atoms with Crippen LogP contribution in [0, 0.1) is 0 Å². The number of alkyl halides is 58. The van der Waals surface area contributed by atoms with Gasteiger partial charge in [-0.2, -0.15) is 275 Å². The molecule has 1 aliphatic heterocycles. The van der Waals surface area contributed by atoms with Crippen LogP contribution in [0.1, 0.15) is 25.0 Å². The highest BCUT2D eigenvalue weighted by molar-refractivity contribution is 6.12. The van der Waals surface area contributed by atoms with Crippen molar-refractivity contribution in [1.29, 1.82) is 0 Å². The fourth-order valence-electron chi connectivity index (χ4n) is 9.37. The lowest BCUT2D eigenvalue weighted by atomic mass is 9.93. The van der Waals surface area contributed by atoms with Gasteiger partial charge in [-0.25, -0.2) is 0 Å². The van der Waals surface area contributed by atoms with Crippen molar-refractivity contribution in [2.24, 2.45) is 0 Å². The van der Waals surface area contributed by atoms with Crippen LogP contribution in [0.25, 0.3) is 21.9 Å². The molecule has 0 bridgehead atoms. The number of benzene rings is 3. The highest BCUT2D eigenvalue weighted by atomic mass is 19.5. The molecular weight excluding hydrogens is 1900 g/mol. The Morgan fingerprint density at radius 1 is 0.246 bits per heavy atom. The van der Waals surface area contributed by atoms with Gasteiger partial charge in [0, 0.05) is 5.39 Å². The van der Waals surface area contributed by atoms with Crippen LogP contribution in [-0.2, 0) is 12.4 Å². The summed E-state index contributed by atoms with van der Waals surface area (Å²) in [6.45, 7) is -0.460. The second-order valence-electron chi connectivity index (χ2n) is 23.9. The molecule has 6 rings (SSSR count). The Kier molecular flexibility index (Phi) is 23.8. The number of hydrogen-bond donors (Lipinski definition) is 0. The van der Waals surface area contributed by atoms with E-state index in [0.717, 1.165) is 0 Å². The van der Waals surface area contributed by atoms with E-state index in [-0.39, 0.29) is 44.2 Å². The molecule has 2 atom stereocenters. The van der Waals surface area contributed by atoms with E-state index >= 15 is 70.2 Å². The maximum atomic E-state index is 15.6. The fourth-order valence-corrected chi connectivity index (χ4v) is 9.37. The second-order valence-corrected chi connectivity index (χ2v) is 23.9. The third kappa shape index (κ3) is 15.0. The maximum absolute atomic E-state index is 15.6. The van der Waals surface area contributed by atoms with Crippen LogP contribution in [0.3, 0.4) is 0 Å². The van der Waals surface area contributed by atoms with Crippen LogP contribution >= 0.6 is 0 Å². The summed E-state index contributed by atoms with van der Waals surface area (Å²) in [5, 5.41) is -3.83. The molecule has 0 N–H and O–H groups in total. The standard InChI is InChI=1S/C52H16F58N8O4/c1-11-12(2)118(22-113-25(121-51(107,108)43(87,88)35(71,72)31(63,64)39(79,80)47(97,98)99)116-26(114-22)122-52(109,110)44(89,90)36(73,74)32(65,66)40(81,82)48(100,101)102)19-7-6-16(13-8-14(27(53,54)55)10-15(9-13)28(56,57)58)17-4-3-5-18(20(17)19)117(11)21-111-23(119-49(103,104)41(83,84)33(67,68)29(59,60)37(75,76)45(91,92)93)115-24(112-21)120-50(105,106)42(85,86)34(69,70)30(61,62)38(77,78)46(94,95)96/h3-12H,1-2H3. The third-order valence-electron chi connectivity index (χ3n) is 16.0. The monoisotopic (exact) mass is 1920 g/mol. The average molecular weight is 1920 g/mol. The molecule has 3 heterocycles. The zero-order chi connectivity index (χ0) is 96.1. The summed E-state index contributed by atoms with van der Waals surface area (Å²) in [4.78, 5) is 10.3. The van der Waals surface area contributed by atoms with Gasteiger partial charge in [0.05, 0.1) is 34.6 Å². The Labute approximate surface area is 624 Å². The average Bonchev–Trinajstić information content (AvgIpc) is 0.951. The molecule has 12 nitrogen and oxygen atoms in total. The first kappa shape index (κ1) is 101. The Morgan fingerprint density at radius 3 is 0.672 bits per heavy atom. The number of nitrogens with zero attached hydrogens (tertiary/aromatic N) is 8. The molecule has 70 heteroatoms. The van der Waals surface area contributed by atoms with Gasteiger partial charge in [-0.15, -0.1) is 9.97 Å². The Hall–Kier alpha value is -9.32. The zero-order valence-electron chi connectivity index (χ0n) is 54.9. The lowest BCUT2D eigenvalue weighted by Crippen LogP contribution is -2.71. The molecular formula is C52H16F58N8O4. The first-order chi connectivity index (χ1) is 53.3. The predicted octanol–water partition coefficient (Wildman–Crippen LogP) is 23.3. The molecule has 0 saturated heterocycles. The normalized spacial score (nSPS) is 17.3. The largest absolute Gasteiger partial charge is 0.473 e. The van der Waals surface area contributed by atoms with E-state index in [1.54, 1.807) is 9.97 Å². The molecule has 0 amide bonds. The summed E-state index contributed by atoms with van der Waals surface area (Å²) < 4.78 is 844. The first-order valence-corrected chi connectivity index (χ1v) is 28.8. The number of halogens is 58. The third-order valence-corrected chi connectivity index (χ3v) is 16.0. The van der Waals surface area contributed by atoms with Gasteiger partial charge in [0.15, 0.2) is 0 Å². The van der Waals surface area contributed by atoms with Gasteiger partial charge < -0.3 is 28.7 Å². The minimum atomic E-state index is -9.29. The molecule has 0 radical (unpaired) electrons. The van der Waals surface area contributed by atoms with Crippen LogP contribution in [0.5, 0.6) is 24.0 Å². The highest BCUT2D eigenvalue weighted by Gasteiger charge is 2.96. The maximum Gasteiger partial charge on any atom is 0.473 e. The van der Waals surface area contributed by atoms with Gasteiger partial charge >= 0.3 is 180 Å². The number of hydrogen-bond acceptors (Lipinski definition) is 12. The Morgan fingerprint density at radius 2 is 0.459 bits per heavy atom. The molecule has 0 aliphatic carbocycles. The van der Waals surface area contributed by atoms with Crippen LogP contribution in [0.4, 0.5) is 278 Å². The van der Waals surface area contributed by atoms with Crippen LogP contribution in [-0.4, -0.2) is 186 Å². The van der Waals surface area contributed by atoms with E-state index in [9.17, 15) is 184 Å². The van der Waals surface area contributed by atoms with E-state index in [1.165, 1.54) is 0 Å². The molecule has 2 aromatic heterocycles. The number of aromatic nitrogens is 6. The minimum Gasteiger partial charge on any atom is -0.393 e. The van der Waals surface area contributed by atoms with Crippen LogP contribution in [0.2, 0.25) is 0 Å². The second kappa shape index (κ2) is 28.6. The van der Waals surface area contributed by atoms with Crippen molar-refractivity contribution in [2.75, 3.05) is 9.80 Å². The van der Waals surface area contributed by atoms with Gasteiger partial charge in [-0.05, 0) is 60.7 Å². The van der Waals surface area contributed by atoms with E-state index in [4.69, 9.17) is 0 Å². The van der Waals surface area contributed by atoms with Crippen molar-refractivity contribution >= 4 is 34.0 Å². The molecule has 1 aliphatic rings. The lowest BCUT2D eigenvalue weighted by molar-refractivity contribution is -0.457. The summed E-state index contributed by atoms with van der Waals surface area (Å²) in [7, 11) is 0. The summed E-state index contributed by atoms with van der Waals surface area (Å²) in [6.07, 6.45) is -80.3. The molecule has 0 fully saturated rings. The van der Waals surface area contributed by atoms with Crippen molar-refractivity contribution in [3.8, 4) is 35.2 Å². The van der Waals surface area contributed by atoms with Crippen molar-refractivity contribution in [3.05, 3.63) is 59.7 Å². The molecule has 0 saturated carbocycles. The van der Waals surface area contributed by atoms with E-state index in [1.807, 2.05) is 0 Å². The molecule has 3 aromatic carbocycles. The summed E-state index contributed by atoms with van der Waals surface area (Å²) >= 11 is 0. The summed E-state index contributed by atoms with van der Waals surface area (Å²) in [6, 6.07) is -26.2. The number of anilines is 4. The molecule has 5 aromatic rings. The fraction of sp³-hybridized carbons (Fsp3) is 0.577. The Balaban J connectivity index is 1.89. The summed E-state index contributed by atoms with van der Waals surface area (Å²) in [5.41, 5.74) is -12.9. The van der Waals surface area contributed by atoms with E-state index in [0.29, 0.717) is 0 Å². The van der Waals surface area contributed by atoms with Crippen LogP contribution < -0.4 is 28.7 Å². The van der Waals surface area contributed by atoms with Crippen molar-refractivity contribution in [1.82, 2.24) is 29.9 Å². The van der Waals surface area contributed by atoms with Crippen molar-refractivity contribution in [2.45, 2.75) is 182 Å². The first-order valence-electron chi connectivity index (χ1n) is 28.8. The van der Waals surface area contributed by atoms with E-state index in [2.05, 4.69) is 38.9 Å². The quantitative estimate of drug-likeness (QED) is 0.0465. The summed E-state index contributed by atoms with van der Waals surface area (Å²) in [5.74, 6) is -152. The smallest absolute Gasteiger partial charge is 0.393 e. The lowest BCUT2D eigenvalue weighted by Gasteiger charge is -2.39. The topological polar surface area (TPSA) is 121 Å². The number of rotatable bonds is 27. The molecule has 122 heavy (non-hydrogen) atoms. The molecule has 2 unspecified atom stereocenters. The van der Waals surface area contributed by atoms with Gasteiger partial charge in [0.1, 0.15) is 0 Å². The molecule has 694 valence electrons. The van der Waals surface area contributed by atoms with Crippen molar-refractivity contribution in [3.63, 3.8) is 0 Å². The van der Waals surface area contributed by atoms with Gasteiger partial charge in [0.25, 0.3) is 0 Å². The minimum absolute atomic E-state index is 0.0280. The van der Waals surface area contributed by atoms with Gasteiger partial charge in [-0.1, -0.05) is 18.2 Å². The zero-order valence-corrected chi connectivity index (χ0v) is 54.9. The van der Waals surface area contributed by atoms with Crippen molar-refractivity contribution < 1.29 is 274 Å².